The van der Waals surface area contributed by atoms with Gasteiger partial charge in [-0.1, -0.05) is 30.4 Å². The molecule has 2 aliphatic heterocycles. The molecule has 3 atom stereocenters. The molecule has 8 nitrogen and oxygen atoms in total. The van der Waals surface area contributed by atoms with Gasteiger partial charge in [-0.2, -0.15) is 0 Å². The third-order valence-electron chi connectivity index (χ3n) is 4.67. The van der Waals surface area contributed by atoms with Crippen molar-refractivity contribution < 1.29 is 23.1 Å². The molecule has 1 fully saturated rings. The highest BCUT2D eigenvalue weighted by atomic mass is 32.1. The van der Waals surface area contributed by atoms with Crippen molar-refractivity contribution in [3.05, 3.63) is 56.2 Å². The van der Waals surface area contributed by atoms with Crippen LogP contribution in [0, 0.1) is 11.6 Å². The molecule has 0 amide bonds. The normalized spacial score (nSPS) is 23.8. The Morgan fingerprint density at radius 2 is 2.29 bits per heavy atom. The van der Waals surface area contributed by atoms with Crippen LogP contribution in [0.4, 0.5) is 0 Å². The van der Waals surface area contributed by atoms with Gasteiger partial charge in [0.1, 0.15) is 16.6 Å². The minimum Gasteiger partial charge on any atom is -0.426 e. The number of carbonyl (C=O) groups excluding carboxylic acids is 1. The molecule has 0 radical (unpaired) electrons. The average Bonchev–Trinajstić information content (AvgIpc) is 3.16. The maximum atomic E-state index is 12.1. The Balaban J connectivity index is 1.36. The second-order valence-corrected chi connectivity index (χ2v) is 8.16. The number of carbonyl (C=O) groups is 1. The van der Waals surface area contributed by atoms with Crippen LogP contribution < -0.4 is 10.2 Å². The number of benzene rings is 1. The molecule has 10 heteroatoms. The number of aromatic amines is 1. The van der Waals surface area contributed by atoms with Crippen LogP contribution in [0.1, 0.15) is 40.6 Å². The lowest BCUT2D eigenvalue weighted by molar-refractivity contribution is -0.0229. The van der Waals surface area contributed by atoms with E-state index in [1.807, 2.05) is 25.1 Å². The molecule has 28 heavy (non-hydrogen) atoms. The van der Waals surface area contributed by atoms with Gasteiger partial charge in [0.05, 0.1) is 24.9 Å². The Kier molecular flexibility index (Phi) is 5.70. The molecule has 1 aromatic carbocycles. The molecule has 0 aliphatic carbocycles. The predicted octanol–water partition coefficient (Wildman–Crippen LogP) is 3.56. The van der Waals surface area contributed by atoms with Crippen molar-refractivity contribution in [2.45, 2.75) is 38.7 Å². The first-order chi connectivity index (χ1) is 13.5. The van der Waals surface area contributed by atoms with E-state index in [-0.39, 0.29) is 16.3 Å². The van der Waals surface area contributed by atoms with Gasteiger partial charge < -0.3 is 9.26 Å². The first kappa shape index (κ1) is 19.4. The maximum Gasteiger partial charge on any atom is 0.397 e. The summed E-state index contributed by atoms with van der Waals surface area (Å²) in [5.74, 6) is 0.817. The van der Waals surface area contributed by atoms with Crippen LogP contribution in [-0.4, -0.2) is 28.5 Å². The highest BCUT2D eigenvalue weighted by molar-refractivity contribution is 7.71. The number of ether oxygens (including phenoxy) is 1. The second kappa shape index (κ2) is 8.23. The quantitative estimate of drug-likeness (QED) is 0.448. The van der Waals surface area contributed by atoms with Crippen LogP contribution in [0.15, 0.2) is 29.2 Å². The molecule has 0 spiro atoms. The van der Waals surface area contributed by atoms with Crippen molar-refractivity contribution >= 4 is 27.1 Å². The summed E-state index contributed by atoms with van der Waals surface area (Å²) in [6.07, 6.45) is 2.70. The Morgan fingerprint density at radius 1 is 1.43 bits per heavy atom. The lowest BCUT2D eigenvalue weighted by Crippen LogP contribution is -2.28. The fourth-order valence-corrected chi connectivity index (χ4v) is 4.51. The van der Waals surface area contributed by atoms with Crippen molar-refractivity contribution in [2.75, 3.05) is 6.61 Å². The first-order valence-corrected chi connectivity index (χ1v) is 10.3. The summed E-state index contributed by atoms with van der Waals surface area (Å²) in [5, 5.41) is 0. The van der Waals surface area contributed by atoms with Crippen LogP contribution in [0.25, 0.3) is 0 Å². The van der Waals surface area contributed by atoms with Gasteiger partial charge in [-0.05, 0) is 25.3 Å². The largest absolute Gasteiger partial charge is 0.426 e. The highest BCUT2D eigenvalue weighted by Crippen LogP contribution is 2.48. The molecule has 0 saturated carbocycles. The molecule has 148 valence electrons. The number of H-pyrrole nitrogens is 1. The van der Waals surface area contributed by atoms with Gasteiger partial charge in [0.2, 0.25) is 0 Å². The molecule has 4 rings (SSSR count). The van der Waals surface area contributed by atoms with E-state index in [0.717, 1.165) is 16.9 Å². The monoisotopic (exact) mass is 422 g/mol. The van der Waals surface area contributed by atoms with Crippen molar-refractivity contribution in [3.63, 3.8) is 0 Å². The zero-order valence-corrected chi connectivity index (χ0v) is 16.8. The number of hydrogen-bond donors (Lipinski definition) is 1. The van der Waals surface area contributed by atoms with Gasteiger partial charge in [0.25, 0.3) is 0 Å². The molecule has 1 saturated heterocycles. The summed E-state index contributed by atoms with van der Waals surface area (Å²) in [4.78, 5) is 25.7. The standard InChI is InChI=1S/C18H19N2O6PS/c1-11-3-2-4-12-9-23-27(26-16(11)12)24-10-14-5-6-15(25-14)20-7-13(8-21)17(28)19-18(20)22/h2-4,7-8,14-15H,5-6,9-10H2,1H3,(H,19,22,28). The Morgan fingerprint density at radius 3 is 3.11 bits per heavy atom. The minimum atomic E-state index is -1.49. The Labute approximate surface area is 167 Å². The predicted molar refractivity (Wildman–Crippen MR) is 104 cm³/mol. The van der Waals surface area contributed by atoms with E-state index in [9.17, 15) is 9.59 Å². The fourth-order valence-electron chi connectivity index (χ4n) is 3.20. The van der Waals surface area contributed by atoms with E-state index >= 15 is 0 Å². The first-order valence-electron chi connectivity index (χ1n) is 8.83. The van der Waals surface area contributed by atoms with Gasteiger partial charge in [-0.15, -0.1) is 0 Å². The smallest absolute Gasteiger partial charge is 0.397 e. The number of para-hydroxylation sites is 1. The van der Waals surface area contributed by atoms with Crippen molar-refractivity contribution in [2.24, 2.45) is 0 Å². The highest BCUT2D eigenvalue weighted by Gasteiger charge is 2.31. The molecular weight excluding hydrogens is 403 g/mol. The summed E-state index contributed by atoms with van der Waals surface area (Å²) < 4.78 is 24.7. The van der Waals surface area contributed by atoms with Gasteiger partial charge in [-0.3, -0.25) is 23.4 Å². The number of aldehydes is 1. The van der Waals surface area contributed by atoms with Crippen LogP contribution in [0.5, 0.6) is 5.75 Å². The molecule has 1 N–H and O–H groups in total. The number of aromatic nitrogens is 2. The van der Waals surface area contributed by atoms with E-state index in [2.05, 4.69) is 4.98 Å². The minimum absolute atomic E-state index is 0.124. The molecular formula is C18H19N2O6PS. The van der Waals surface area contributed by atoms with Crippen LogP contribution >= 0.6 is 20.8 Å². The lowest BCUT2D eigenvalue weighted by Gasteiger charge is -2.26. The van der Waals surface area contributed by atoms with E-state index in [0.29, 0.717) is 32.3 Å². The summed E-state index contributed by atoms with van der Waals surface area (Å²) in [7, 11) is -1.49. The van der Waals surface area contributed by atoms with Crippen molar-refractivity contribution in [3.8, 4) is 5.75 Å². The second-order valence-electron chi connectivity index (χ2n) is 6.61. The zero-order chi connectivity index (χ0) is 19.7. The van der Waals surface area contributed by atoms with Crippen molar-refractivity contribution in [1.82, 2.24) is 9.55 Å². The van der Waals surface area contributed by atoms with Gasteiger partial charge in [0.15, 0.2) is 6.29 Å². The topological polar surface area (TPSA) is 91.8 Å². The third-order valence-corrected chi connectivity index (χ3v) is 6.04. The zero-order valence-electron chi connectivity index (χ0n) is 15.1. The molecule has 3 heterocycles. The van der Waals surface area contributed by atoms with Crippen LogP contribution in [0.2, 0.25) is 0 Å². The van der Waals surface area contributed by atoms with Crippen LogP contribution in [-0.2, 0) is 20.4 Å². The third kappa shape index (κ3) is 3.94. The van der Waals surface area contributed by atoms with E-state index in [1.165, 1.54) is 10.8 Å². The summed E-state index contributed by atoms with van der Waals surface area (Å²) in [5.41, 5.74) is 1.89. The van der Waals surface area contributed by atoms with E-state index in [1.54, 1.807) is 0 Å². The SMILES string of the molecule is Cc1cccc2c1OP(OCC1CCC(n3cc(C=O)c(=S)[nH]c3=O)O1)OC2. The van der Waals surface area contributed by atoms with Crippen molar-refractivity contribution in [1.29, 1.82) is 0 Å². The molecule has 0 bridgehead atoms. The lowest BCUT2D eigenvalue weighted by atomic mass is 10.1. The van der Waals surface area contributed by atoms with Crippen LogP contribution in [0.3, 0.4) is 0 Å². The number of rotatable bonds is 5. The molecule has 1 aromatic heterocycles. The van der Waals surface area contributed by atoms with Gasteiger partial charge >= 0.3 is 14.3 Å². The number of nitrogens with zero attached hydrogens (tertiary/aromatic N) is 1. The van der Waals surface area contributed by atoms with E-state index in [4.69, 9.17) is 30.5 Å². The summed E-state index contributed by atoms with van der Waals surface area (Å²) in [6, 6.07) is 5.92. The number of nitrogens with one attached hydrogen (secondary N) is 1. The number of hydrogen-bond acceptors (Lipinski definition) is 7. The van der Waals surface area contributed by atoms with E-state index < -0.39 is 20.5 Å². The average molecular weight is 422 g/mol. The number of aryl methyl sites for hydroxylation is 1. The Hall–Kier alpha value is -1.90. The molecule has 2 aliphatic rings. The summed E-state index contributed by atoms with van der Waals surface area (Å²) >= 11 is 4.96. The summed E-state index contributed by atoms with van der Waals surface area (Å²) in [6.45, 7) is 2.73. The molecule has 2 aromatic rings. The maximum absolute atomic E-state index is 12.1. The molecule has 3 unspecified atom stereocenters. The van der Waals surface area contributed by atoms with Gasteiger partial charge in [-0.25, -0.2) is 4.79 Å². The fraction of sp³-hybridized carbons (Fsp3) is 0.389. The Bertz CT molecular complexity index is 1010. The van der Waals surface area contributed by atoms with Gasteiger partial charge in [0, 0.05) is 11.8 Å². The number of fused-ring (bicyclic) bond motifs is 1.